The van der Waals surface area contributed by atoms with Crippen LogP contribution in [0.5, 0.6) is 0 Å². The van der Waals surface area contributed by atoms with Crippen molar-refractivity contribution >= 4 is 29.5 Å². The first-order valence-electron chi connectivity index (χ1n) is 6.61. The molecule has 4 N–H and O–H groups in total. The molecule has 0 bridgehead atoms. The Labute approximate surface area is 126 Å². The van der Waals surface area contributed by atoms with Crippen LogP contribution in [0.25, 0.3) is 0 Å². The monoisotopic (exact) mass is 310 g/mol. The Bertz CT molecular complexity index is 523. The van der Waals surface area contributed by atoms with Crippen LogP contribution in [-0.2, 0) is 24.0 Å². The van der Waals surface area contributed by atoms with Gasteiger partial charge in [0.15, 0.2) is 0 Å². The number of rotatable bonds is 7. The highest BCUT2D eigenvalue weighted by Gasteiger charge is 2.29. The molecule has 0 aromatic heterocycles. The Morgan fingerprint density at radius 3 is 2.18 bits per heavy atom. The largest absolute Gasteiger partial charge is 0.368 e. The SMILES string of the molecule is CC(C)C(NC(=O)CN1C(=O)C=CC1=O)C(=O)NCC(N)=O. The number of carbonyl (C=O) groups is 5. The summed E-state index contributed by atoms with van der Waals surface area (Å²) in [5.41, 5.74) is 4.93. The van der Waals surface area contributed by atoms with Crippen molar-refractivity contribution in [2.24, 2.45) is 11.7 Å². The van der Waals surface area contributed by atoms with E-state index >= 15 is 0 Å². The van der Waals surface area contributed by atoms with Crippen molar-refractivity contribution in [3.05, 3.63) is 12.2 Å². The van der Waals surface area contributed by atoms with E-state index in [2.05, 4.69) is 10.6 Å². The number of nitrogens with two attached hydrogens (primary N) is 1. The summed E-state index contributed by atoms with van der Waals surface area (Å²) < 4.78 is 0. The van der Waals surface area contributed by atoms with Crippen LogP contribution in [0, 0.1) is 5.92 Å². The molecule has 1 aliphatic rings. The molecular formula is C13H18N4O5. The summed E-state index contributed by atoms with van der Waals surface area (Å²) in [4.78, 5) is 57.9. The molecule has 1 aliphatic heterocycles. The molecule has 0 radical (unpaired) electrons. The normalized spacial score (nSPS) is 15.1. The average Bonchev–Trinajstić information content (AvgIpc) is 2.73. The van der Waals surface area contributed by atoms with Crippen molar-refractivity contribution in [2.75, 3.05) is 13.1 Å². The maximum atomic E-state index is 11.9. The van der Waals surface area contributed by atoms with Gasteiger partial charge in [0.1, 0.15) is 12.6 Å². The van der Waals surface area contributed by atoms with Crippen molar-refractivity contribution < 1.29 is 24.0 Å². The standard InChI is InChI=1S/C13H18N4O5/c1-7(2)12(13(22)15-5-8(14)18)16-9(19)6-17-10(20)3-4-11(17)21/h3-4,7,12H,5-6H2,1-2H3,(H2,14,18)(H,15,22)(H,16,19). The van der Waals surface area contributed by atoms with E-state index in [-0.39, 0.29) is 12.5 Å². The van der Waals surface area contributed by atoms with E-state index in [0.717, 1.165) is 17.1 Å². The van der Waals surface area contributed by atoms with E-state index < -0.39 is 42.1 Å². The smallest absolute Gasteiger partial charge is 0.254 e. The first-order valence-corrected chi connectivity index (χ1v) is 6.61. The van der Waals surface area contributed by atoms with E-state index in [9.17, 15) is 24.0 Å². The van der Waals surface area contributed by atoms with Gasteiger partial charge in [0.2, 0.25) is 17.7 Å². The molecule has 22 heavy (non-hydrogen) atoms. The first kappa shape index (κ1) is 17.3. The second kappa shape index (κ2) is 7.34. The summed E-state index contributed by atoms with van der Waals surface area (Å²) in [6.45, 7) is 2.58. The van der Waals surface area contributed by atoms with Gasteiger partial charge in [-0.25, -0.2) is 0 Å². The van der Waals surface area contributed by atoms with Crippen molar-refractivity contribution in [3.8, 4) is 0 Å². The number of nitrogens with zero attached hydrogens (tertiary/aromatic N) is 1. The minimum Gasteiger partial charge on any atom is -0.368 e. The molecule has 1 atom stereocenters. The molecule has 0 aromatic carbocycles. The molecule has 0 saturated heterocycles. The summed E-state index contributed by atoms with van der Waals surface area (Å²) in [6.07, 6.45) is 2.13. The van der Waals surface area contributed by atoms with Gasteiger partial charge in [-0.05, 0) is 5.92 Å². The third-order valence-electron chi connectivity index (χ3n) is 2.90. The highest BCUT2D eigenvalue weighted by atomic mass is 16.2. The lowest BCUT2D eigenvalue weighted by atomic mass is 10.0. The highest BCUT2D eigenvalue weighted by molar-refractivity contribution is 6.14. The maximum Gasteiger partial charge on any atom is 0.254 e. The van der Waals surface area contributed by atoms with Crippen LogP contribution in [0.15, 0.2) is 12.2 Å². The number of nitrogens with one attached hydrogen (secondary N) is 2. The third-order valence-corrected chi connectivity index (χ3v) is 2.90. The number of imide groups is 1. The lowest BCUT2D eigenvalue weighted by Gasteiger charge is -2.22. The molecular weight excluding hydrogens is 292 g/mol. The zero-order chi connectivity index (χ0) is 16.9. The molecule has 9 nitrogen and oxygen atoms in total. The fourth-order valence-corrected chi connectivity index (χ4v) is 1.77. The maximum absolute atomic E-state index is 11.9. The number of hydrogen-bond acceptors (Lipinski definition) is 5. The highest BCUT2D eigenvalue weighted by Crippen LogP contribution is 2.05. The van der Waals surface area contributed by atoms with Crippen molar-refractivity contribution in [2.45, 2.75) is 19.9 Å². The number of hydrogen-bond donors (Lipinski definition) is 3. The minimum absolute atomic E-state index is 0.264. The van der Waals surface area contributed by atoms with Crippen LogP contribution in [-0.4, -0.2) is 53.6 Å². The van der Waals surface area contributed by atoms with E-state index in [1.165, 1.54) is 0 Å². The van der Waals surface area contributed by atoms with E-state index in [0.29, 0.717) is 0 Å². The molecule has 1 unspecified atom stereocenters. The van der Waals surface area contributed by atoms with Crippen LogP contribution in [0.2, 0.25) is 0 Å². The summed E-state index contributed by atoms with van der Waals surface area (Å²) in [5, 5.41) is 4.72. The second-order valence-corrected chi connectivity index (χ2v) is 5.07. The molecule has 1 heterocycles. The van der Waals surface area contributed by atoms with Crippen LogP contribution in [0.3, 0.4) is 0 Å². The lowest BCUT2D eigenvalue weighted by Crippen LogP contribution is -2.53. The van der Waals surface area contributed by atoms with Crippen LogP contribution in [0.4, 0.5) is 0 Å². The Hall–Kier alpha value is -2.71. The predicted molar refractivity (Wildman–Crippen MR) is 74.8 cm³/mol. The molecule has 0 fully saturated rings. The summed E-state index contributed by atoms with van der Waals surface area (Å²) in [7, 11) is 0. The Kier molecular flexibility index (Phi) is 5.79. The second-order valence-electron chi connectivity index (χ2n) is 5.07. The third kappa shape index (κ3) is 4.69. The first-order chi connectivity index (χ1) is 10.2. The molecule has 120 valence electrons. The van der Waals surface area contributed by atoms with E-state index in [4.69, 9.17) is 5.73 Å². The molecule has 9 heteroatoms. The van der Waals surface area contributed by atoms with Gasteiger partial charge in [0.25, 0.3) is 11.8 Å². The summed E-state index contributed by atoms with van der Waals surface area (Å²) in [6, 6.07) is -0.910. The van der Waals surface area contributed by atoms with Gasteiger partial charge in [-0.15, -0.1) is 0 Å². The summed E-state index contributed by atoms with van der Waals surface area (Å²) >= 11 is 0. The zero-order valence-corrected chi connectivity index (χ0v) is 12.3. The molecule has 0 aliphatic carbocycles. The van der Waals surface area contributed by atoms with Gasteiger partial charge in [-0.3, -0.25) is 28.9 Å². The van der Waals surface area contributed by atoms with E-state index in [1.807, 2.05) is 0 Å². The van der Waals surface area contributed by atoms with Gasteiger partial charge >= 0.3 is 0 Å². The molecule has 0 aromatic rings. The van der Waals surface area contributed by atoms with Crippen LogP contribution in [0.1, 0.15) is 13.8 Å². The van der Waals surface area contributed by atoms with Crippen molar-refractivity contribution in [3.63, 3.8) is 0 Å². The Morgan fingerprint density at radius 2 is 1.73 bits per heavy atom. The molecule has 1 rings (SSSR count). The lowest BCUT2D eigenvalue weighted by molar-refractivity contribution is -0.141. The van der Waals surface area contributed by atoms with Gasteiger partial charge < -0.3 is 16.4 Å². The zero-order valence-electron chi connectivity index (χ0n) is 12.3. The Balaban J connectivity index is 2.61. The van der Waals surface area contributed by atoms with E-state index in [1.54, 1.807) is 13.8 Å². The van der Waals surface area contributed by atoms with Gasteiger partial charge in [0, 0.05) is 12.2 Å². The van der Waals surface area contributed by atoms with Gasteiger partial charge in [0.05, 0.1) is 6.54 Å². The summed E-state index contributed by atoms with van der Waals surface area (Å²) in [5.74, 6) is -3.36. The topological polar surface area (TPSA) is 139 Å². The fourth-order valence-electron chi connectivity index (χ4n) is 1.77. The Morgan fingerprint density at radius 1 is 1.18 bits per heavy atom. The number of carbonyl (C=O) groups excluding carboxylic acids is 5. The minimum atomic E-state index is -0.910. The molecule has 0 spiro atoms. The molecule has 0 saturated carbocycles. The fraction of sp³-hybridized carbons (Fsp3) is 0.462. The number of amides is 5. The van der Waals surface area contributed by atoms with Gasteiger partial charge in [-0.1, -0.05) is 13.8 Å². The van der Waals surface area contributed by atoms with Crippen molar-refractivity contribution in [1.82, 2.24) is 15.5 Å². The van der Waals surface area contributed by atoms with Crippen molar-refractivity contribution in [1.29, 1.82) is 0 Å². The van der Waals surface area contributed by atoms with Gasteiger partial charge in [-0.2, -0.15) is 0 Å². The quantitative estimate of drug-likeness (QED) is 0.452. The predicted octanol–water partition coefficient (Wildman–Crippen LogP) is -2.35. The molecule has 5 amide bonds. The number of primary amides is 1. The van der Waals surface area contributed by atoms with Crippen LogP contribution < -0.4 is 16.4 Å². The van der Waals surface area contributed by atoms with Crippen LogP contribution >= 0.6 is 0 Å². The average molecular weight is 310 g/mol.